The highest BCUT2D eigenvalue weighted by Gasteiger charge is 2.31. The van der Waals surface area contributed by atoms with Crippen molar-refractivity contribution in [3.8, 4) is 0 Å². The van der Waals surface area contributed by atoms with E-state index in [1.54, 1.807) is 4.90 Å². The predicted molar refractivity (Wildman–Crippen MR) is 88.4 cm³/mol. The smallest absolute Gasteiger partial charge is 0.410 e. The number of sulfonamides is 1. The summed E-state index contributed by atoms with van der Waals surface area (Å²) in [4.78, 5) is 20.4. The molecule has 1 aromatic rings. The molecule has 0 radical (unpaired) electrons. The van der Waals surface area contributed by atoms with Gasteiger partial charge in [0.05, 0.1) is 17.6 Å². The Kier molecular flexibility index (Phi) is 4.78. The van der Waals surface area contributed by atoms with Gasteiger partial charge in [0, 0.05) is 17.9 Å². The normalized spacial score (nSPS) is 15.4. The number of carbonyl (C=O) groups is 1. The lowest BCUT2D eigenvalue weighted by Gasteiger charge is -2.40. The zero-order valence-electron chi connectivity index (χ0n) is 13.5. The van der Waals surface area contributed by atoms with Crippen molar-refractivity contribution in [2.24, 2.45) is 0 Å². The van der Waals surface area contributed by atoms with E-state index in [0.717, 1.165) is 0 Å². The van der Waals surface area contributed by atoms with E-state index in [1.165, 1.54) is 30.7 Å². The minimum Gasteiger partial charge on any atom is -0.465 e. The second-order valence-electron chi connectivity index (χ2n) is 6.07. The molecule has 0 aromatic carbocycles. The van der Waals surface area contributed by atoms with E-state index in [1.807, 2.05) is 20.8 Å². The Bertz CT molecular complexity index is 781. The zero-order valence-corrected chi connectivity index (χ0v) is 14.3. The minimum absolute atomic E-state index is 0.0191. The predicted octanol–water partition coefficient (Wildman–Crippen LogP) is 1.33. The zero-order chi connectivity index (χ0) is 18.0. The van der Waals surface area contributed by atoms with Crippen LogP contribution in [0, 0.1) is 0 Å². The van der Waals surface area contributed by atoms with Crippen LogP contribution in [0.4, 0.5) is 10.6 Å². The second kappa shape index (κ2) is 6.48. The summed E-state index contributed by atoms with van der Waals surface area (Å²) in [6.07, 6.45) is 5.69. The first-order chi connectivity index (χ1) is 11.1. The van der Waals surface area contributed by atoms with E-state index in [-0.39, 0.29) is 17.3 Å². The van der Waals surface area contributed by atoms with Crippen LogP contribution in [-0.2, 0) is 10.0 Å². The average molecular weight is 353 g/mol. The Hall–Kier alpha value is -2.62. The summed E-state index contributed by atoms with van der Waals surface area (Å²) in [7, 11) is -3.83. The van der Waals surface area contributed by atoms with Gasteiger partial charge in [-0.3, -0.25) is 15.0 Å². The van der Waals surface area contributed by atoms with E-state index in [2.05, 4.69) is 20.0 Å². The number of nitrogens with zero attached hydrogens (tertiary/aromatic N) is 3. The summed E-state index contributed by atoms with van der Waals surface area (Å²) in [6, 6.07) is 0. The lowest BCUT2D eigenvalue weighted by atomic mass is 10.0. The van der Waals surface area contributed by atoms with Crippen LogP contribution in [-0.4, -0.2) is 46.6 Å². The number of nitrogens with one attached hydrogen (secondary N) is 2. The Morgan fingerprint density at radius 2 is 2.00 bits per heavy atom. The molecule has 0 atom stereocenters. The molecule has 1 aliphatic heterocycles. The Morgan fingerprint density at radius 1 is 1.29 bits per heavy atom. The first kappa shape index (κ1) is 17.7. The molecule has 0 saturated carbocycles. The summed E-state index contributed by atoms with van der Waals surface area (Å²) in [5.41, 5.74) is -0.490. The highest BCUT2D eigenvalue weighted by atomic mass is 32.2. The molecule has 0 spiro atoms. The Morgan fingerprint density at radius 3 is 2.54 bits per heavy atom. The van der Waals surface area contributed by atoms with Crippen LogP contribution in [0.1, 0.15) is 20.8 Å². The molecule has 130 valence electrons. The van der Waals surface area contributed by atoms with E-state index in [9.17, 15) is 13.2 Å². The summed E-state index contributed by atoms with van der Waals surface area (Å²) in [5, 5.41) is 11.2. The fraction of sp³-hybridized carbons (Fsp3) is 0.357. The molecule has 0 fully saturated rings. The number of amides is 1. The van der Waals surface area contributed by atoms with Crippen molar-refractivity contribution in [3.63, 3.8) is 0 Å². The summed E-state index contributed by atoms with van der Waals surface area (Å²) >= 11 is 0. The van der Waals surface area contributed by atoms with E-state index < -0.39 is 21.7 Å². The fourth-order valence-corrected chi connectivity index (χ4v) is 3.16. The van der Waals surface area contributed by atoms with Gasteiger partial charge in [-0.25, -0.2) is 18.2 Å². The first-order valence-electron chi connectivity index (χ1n) is 7.07. The van der Waals surface area contributed by atoms with Crippen LogP contribution in [0.25, 0.3) is 0 Å². The van der Waals surface area contributed by atoms with Crippen LogP contribution in [0.3, 0.4) is 0 Å². The maximum atomic E-state index is 12.5. The van der Waals surface area contributed by atoms with Crippen molar-refractivity contribution in [1.82, 2.24) is 20.2 Å². The highest BCUT2D eigenvalue weighted by molar-refractivity contribution is 7.96. The molecule has 1 aliphatic rings. The fourth-order valence-electron chi connectivity index (χ4n) is 2.10. The van der Waals surface area contributed by atoms with E-state index in [4.69, 9.17) is 5.11 Å². The number of hydrogen-bond donors (Lipinski definition) is 3. The average Bonchev–Trinajstić information content (AvgIpc) is 2.46. The molecular weight excluding hydrogens is 334 g/mol. The van der Waals surface area contributed by atoms with Gasteiger partial charge in [0.15, 0.2) is 5.82 Å². The van der Waals surface area contributed by atoms with Crippen LogP contribution in [0.5, 0.6) is 0 Å². The highest BCUT2D eigenvalue weighted by Crippen LogP contribution is 2.26. The van der Waals surface area contributed by atoms with E-state index >= 15 is 0 Å². The number of allylic oxidation sites excluding steroid dienone is 2. The standard InChI is InChI=1S/C14H19N5O4S/c1-14(2,3)19-9-10(4-5-12(19)17-13(20)21)24(22,23)18-11-8-15-6-7-16-11/h4-8,17H,9H2,1-3H3,(H,16,18)(H,20,21). The molecule has 1 amide bonds. The molecule has 9 nitrogen and oxygen atoms in total. The molecule has 3 N–H and O–H groups in total. The van der Waals surface area contributed by atoms with Crippen molar-refractivity contribution in [2.45, 2.75) is 26.3 Å². The largest absolute Gasteiger partial charge is 0.465 e. The summed E-state index contributed by atoms with van der Waals surface area (Å²) in [5.74, 6) is 0.424. The van der Waals surface area contributed by atoms with Gasteiger partial charge in [-0.05, 0) is 32.9 Å². The molecule has 2 rings (SSSR count). The number of anilines is 1. The summed E-state index contributed by atoms with van der Waals surface area (Å²) < 4.78 is 27.4. The van der Waals surface area contributed by atoms with Gasteiger partial charge in [0.1, 0.15) is 5.82 Å². The monoisotopic (exact) mass is 353 g/mol. The molecule has 10 heteroatoms. The van der Waals surface area contributed by atoms with Gasteiger partial charge < -0.3 is 10.0 Å². The van der Waals surface area contributed by atoms with Gasteiger partial charge in [-0.2, -0.15) is 0 Å². The molecule has 0 aliphatic carbocycles. The number of aromatic nitrogens is 2. The molecule has 1 aromatic heterocycles. The van der Waals surface area contributed by atoms with E-state index in [0.29, 0.717) is 5.82 Å². The number of rotatable bonds is 4. The van der Waals surface area contributed by atoms with Crippen LogP contribution < -0.4 is 10.0 Å². The summed E-state index contributed by atoms with van der Waals surface area (Å²) in [6.45, 7) is 5.59. The Labute approximate surface area is 140 Å². The molecular formula is C14H19N5O4S. The third-order valence-corrected chi connectivity index (χ3v) is 4.66. The number of hydrogen-bond acceptors (Lipinski definition) is 6. The van der Waals surface area contributed by atoms with Gasteiger partial charge in [0.2, 0.25) is 0 Å². The molecule has 0 unspecified atom stereocenters. The van der Waals surface area contributed by atoms with Gasteiger partial charge >= 0.3 is 6.09 Å². The molecule has 0 saturated heterocycles. The van der Waals surface area contributed by atoms with Crippen molar-refractivity contribution >= 4 is 21.9 Å². The van der Waals surface area contributed by atoms with Crippen LogP contribution >= 0.6 is 0 Å². The quantitative estimate of drug-likeness (QED) is 0.745. The first-order valence-corrected chi connectivity index (χ1v) is 8.55. The third-order valence-electron chi connectivity index (χ3n) is 3.22. The van der Waals surface area contributed by atoms with Gasteiger partial charge in [0.25, 0.3) is 10.0 Å². The maximum absolute atomic E-state index is 12.5. The second-order valence-corrected chi connectivity index (χ2v) is 7.80. The van der Waals surface area contributed by atoms with Gasteiger partial charge in [-0.15, -0.1) is 0 Å². The van der Waals surface area contributed by atoms with Crippen LogP contribution in [0.2, 0.25) is 0 Å². The number of carboxylic acid groups (broad SMARTS) is 1. The maximum Gasteiger partial charge on any atom is 0.410 e. The lowest BCUT2D eigenvalue weighted by molar-refractivity contribution is 0.168. The Balaban J connectivity index is 2.32. The SMILES string of the molecule is CC(C)(C)N1CC(S(=O)(=O)Nc2cnccn2)=CC=C1NC(=O)O. The minimum atomic E-state index is -3.83. The molecule has 0 bridgehead atoms. The molecule has 2 heterocycles. The van der Waals surface area contributed by atoms with Crippen molar-refractivity contribution in [1.29, 1.82) is 0 Å². The van der Waals surface area contributed by atoms with Crippen molar-refractivity contribution in [3.05, 3.63) is 41.5 Å². The van der Waals surface area contributed by atoms with Crippen molar-refractivity contribution < 1.29 is 18.3 Å². The topological polar surface area (TPSA) is 125 Å². The van der Waals surface area contributed by atoms with Gasteiger partial charge in [-0.1, -0.05) is 0 Å². The lowest BCUT2D eigenvalue weighted by Crippen LogP contribution is -2.48. The molecule has 24 heavy (non-hydrogen) atoms. The van der Waals surface area contributed by atoms with Crippen molar-refractivity contribution in [2.75, 3.05) is 11.3 Å². The van der Waals surface area contributed by atoms with Crippen LogP contribution in [0.15, 0.2) is 41.5 Å². The third kappa shape index (κ3) is 4.22.